The third kappa shape index (κ3) is 3.81. The molecule has 0 radical (unpaired) electrons. The molecule has 1 aromatic carbocycles. The van der Waals surface area contributed by atoms with Crippen LogP contribution in [0.15, 0.2) is 34.2 Å². The second-order valence-electron chi connectivity index (χ2n) is 6.09. The number of carbonyl (C=O) groups is 1. The van der Waals surface area contributed by atoms with Crippen LogP contribution in [0.3, 0.4) is 0 Å². The SMILES string of the molecule is COCCCn1c(=O)c2ccccc2n2c(SCCCC(C)=O)nnc12. The summed E-state index contributed by atoms with van der Waals surface area (Å²) in [7, 11) is 1.64. The highest BCUT2D eigenvalue weighted by Gasteiger charge is 2.16. The quantitative estimate of drug-likeness (QED) is 0.423. The number of benzene rings is 1. The summed E-state index contributed by atoms with van der Waals surface area (Å²) in [4.78, 5) is 24.0. The minimum atomic E-state index is -0.0651. The van der Waals surface area contributed by atoms with Crippen LogP contribution in [0.2, 0.25) is 0 Å². The van der Waals surface area contributed by atoms with Gasteiger partial charge in [0.2, 0.25) is 5.78 Å². The standard InChI is InChI=1S/C18H22N4O3S/c1-13(23)7-5-12-26-18-20-19-17-21(10-6-11-25-2)16(24)14-8-3-4-9-15(14)22(17)18/h3-4,8-9H,5-7,10-12H2,1-2H3. The first kappa shape index (κ1) is 18.6. The zero-order valence-corrected chi connectivity index (χ0v) is 15.8. The van der Waals surface area contributed by atoms with Crippen molar-refractivity contribution in [2.24, 2.45) is 0 Å². The number of Topliss-reactive ketones (excluding diaryl/α,β-unsaturated/α-hetero) is 1. The van der Waals surface area contributed by atoms with E-state index in [4.69, 9.17) is 4.74 Å². The van der Waals surface area contributed by atoms with Crippen LogP contribution >= 0.6 is 11.8 Å². The van der Waals surface area contributed by atoms with Crippen LogP contribution in [0.4, 0.5) is 0 Å². The van der Waals surface area contributed by atoms with Gasteiger partial charge < -0.3 is 9.53 Å². The maximum Gasteiger partial charge on any atom is 0.262 e. The number of methoxy groups -OCH3 is 1. The molecule has 0 aliphatic heterocycles. The largest absolute Gasteiger partial charge is 0.385 e. The lowest BCUT2D eigenvalue weighted by Crippen LogP contribution is -2.24. The highest BCUT2D eigenvalue weighted by Crippen LogP contribution is 2.22. The third-order valence-corrected chi connectivity index (χ3v) is 5.13. The van der Waals surface area contributed by atoms with E-state index in [-0.39, 0.29) is 11.3 Å². The van der Waals surface area contributed by atoms with Gasteiger partial charge >= 0.3 is 0 Å². The first-order valence-electron chi connectivity index (χ1n) is 8.61. The Balaban J connectivity index is 2.03. The first-order chi connectivity index (χ1) is 12.6. The number of nitrogens with zero attached hydrogens (tertiary/aromatic N) is 4. The van der Waals surface area contributed by atoms with Crippen molar-refractivity contribution in [1.29, 1.82) is 0 Å². The molecule has 2 heterocycles. The van der Waals surface area contributed by atoms with Crippen LogP contribution < -0.4 is 5.56 Å². The molecule has 0 aliphatic rings. The van der Waals surface area contributed by atoms with E-state index in [2.05, 4.69) is 10.2 Å². The topological polar surface area (TPSA) is 78.5 Å². The Morgan fingerprint density at radius 2 is 2.04 bits per heavy atom. The molecule has 2 aromatic heterocycles. The molecule has 0 bridgehead atoms. The molecule has 0 fully saturated rings. The molecule has 138 valence electrons. The molecule has 0 atom stereocenters. The van der Waals surface area contributed by atoms with Gasteiger partial charge in [0.1, 0.15) is 5.78 Å². The summed E-state index contributed by atoms with van der Waals surface area (Å²) in [5.41, 5.74) is 0.735. The average molecular weight is 374 g/mol. The summed E-state index contributed by atoms with van der Waals surface area (Å²) >= 11 is 1.55. The average Bonchev–Trinajstić information content (AvgIpc) is 3.05. The van der Waals surface area contributed by atoms with E-state index in [0.29, 0.717) is 30.7 Å². The van der Waals surface area contributed by atoms with Crippen molar-refractivity contribution < 1.29 is 9.53 Å². The molecule has 0 saturated heterocycles. The molecule has 0 unspecified atom stereocenters. The number of hydrogen-bond acceptors (Lipinski definition) is 6. The van der Waals surface area contributed by atoms with Crippen molar-refractivity contribution in [2.75, 3.05) is 19.5 Å². The van der Waals surface area contributed by atoms with Gasteiger partial charge in [0.15, 0.2) is 5.16 Å². The van der Waals surface area contributed by atoms with Gasteiger partial charge in [-0.05, 0) is 31.9 Å². The Morgan fingerprint density at radius 3 is 2.81 bits per heavy atom. The summed E-state index contributed by atoms with van der Waals surface area (Å²) in [6.45, 7) is 2.70. The number of para-hydroxylation sites is 1. The number of aromatic nitrogens is 4. The minimum Gasteiger partial charge on any atom is -0.385 e. The van der Waals surface area contributed by atoms with Gasteiger partial charge in [-0.25, -0.2) is 0 Å². The second kappa shape index (κ2) is 8.46. The third-order valence-electron chi connectivity index (χ3n) is 4.11. The molecule has 3 aromatic rings. The first-order valence-corrected chi connectivity index (χ1v) is 9.60. The van der Waals surface area contributed by atoms with E-state index in [1.54, 1.807) is 30.4 Å². The summed E-state index contributed by atoms with van der Waals surface area (Å²) in [6.07, 6.45) is 2.07. The van der Waals surface area contributed by atoms with Crippen molar-refractivity contribution in [2.45, 2.75) is 37.9 Å². The van der Waals surface area contributed by atoms with Gasteiger partial charge in [-0.2, -0.15) is 0 Å². The molecular weight excluding hydrogens is 352 g/mol. The van der Waals surface area contributed by atoms with Crippen molar-refractivity contribution in [3.63, 3.8) is 0 Å². The van der Waals surface area contributed by atoms with E-state index < -0.39 is 0 Å². The fourth-order valence-corrected chi connectivity index (χ4v) is 3.76. The van der Waals surface area contributed by atoms with Gasteiger partial charge in [-0.15, -0.1) is 10.2 Å². The maximum absolute atomic E-state index is 12.9. The van der Waals surface area contributed by atoms with Gasteiger partial charge in [0.05, 0.1) is 10.9 Å². The number of ketones is 1. The molecular formula is C18H22N4O3S. The van der Waals surface area contributed by atoms with Crippen molar-refractivity contribution in [3.8, 4) is 0 Å². The molecule has 0 saturated carbocycles. The fourth-order valence-electron chi connectivity index (χ4n) is 2.88. The smallest absolute Gasteiger partial charge is 0.262 e. The summed E-state index contributed by atoms with van der Waals surface area (Å²) in [6, 6.07) is 7.50. The predicted molar refractivity (Wildman–Crippen MR) is 102 cm³/mol. The molecule has 7 nitrogen and oxygen atoms in total. The molecule has 3 rings (SSSR count). The van der Waals surface area contributed by atoms with Crippen molar-refractivity contribution in [3.05, 3.63) is 34.6 Å². The van der Waals surface area contributed by atoms with Gasteiger partial charge in [-0.1, -0.05) is 23.9 Å². The van der Waals surface area contributed by atoms with Gasteiger partial charge in [-0.3, -0.25) is 13.8 Å². The number of carbonyl (C=O) groups excluding carboxylic acids is 1. The fraction of sp³-hybridized carbons (Fsp3) is 0.444. The van der Waals surface area contributed by atoms with Crippen LogP contribution in [-0.2, 0) is 16.1 Å². The van der Waals surface area contributed by atoms with Crippen LogP contribution in [0.5, 0.6) is 0 Å². The number of hydrogen-bond donors (Lipinski definition) is 0. The number of thioether (sulfide) groups is 1. The molecule has 8 heteroatoms. The van der Waals surface area contributed by atoms with E-state index in [1.165, 1.54) is 0 Å². The van der Waals surface area contributed by atoms with Crippen LogP contribution in [0.1, 0.15) is 26.2 Å². The lowest BCUT2D eigenvalue weighted by atomic mass is 10.2. The summed E-state index contributed by atoms with van der Waals surface area (Å²) in [5, 5.41) is 9.94. The number of fused-ring (bicyclic) bond motifs is 3. The second-order valence-corrected chi connectivity index (χ2v) is 7.15. The maximum atomic E-state index is 12.9. The summed E-state index contributed by atoms with van der Waals surface area (Å²) < 4.78 is 8.70. The molecule has 0 amide bonds. The normalized spacial score (nSPS) is 11.5. The van der Waals surface area contributed by atoms with Crippen LogP contribution in [0.25, 0.3) is 16.7 Å². The molecule has 0 aliphatic carbocycles. The van der Waals surface area contributed by atoms with E-state index >= 15 is 0 Å². The Morgan fingerprint density at radius 1 is 1.23 bits per heavy atom. The molecule has 0 spiro atoms. The van der Waals surface area contributed by atoms with Crippen molar-refractivity contribution in [1.82, 2.24) is 19.2 Å². The lowest BCUT2D eigenvalue weighted by molar-refractivity contribution is -0.117. The Kier molecular flexibility index (Phi) is 6.05. The van der Waals surface area contributed by atoms with Gasteiger partial charge in [0, 0.05) is 32.4 Å². The van der Waals surface area contributed by atoms with Crippen LogP contribution in [0, 0.1) is 0 Å². The van der Waals surface area contributed by atoms with E-state index in [1.807, 2.05) is 28.7 Å². The number of ether oxygens (including phenoxy) is 1. The zero-order valence-electron chi connectivity index (χ0n) is 15.0. The zero-order chi connectivity index (χ0) is 18.5. The predicted octanol–water partition coefficient (Wildman–Crippen LogP) is 2.54. The monoisotopic (exact) mass is 374 g/mol. The van der Waals surface area contributed by atoms with Crippen molar-refractivity contribution >= 4 is 34.2 Å². The molecule has 26 heavy (non-hydrogen) atoms. The van der Waals surface area contributed by atoms with E-state index in [9.17, 15) is 9.59 Å². The summed E-state index contributed by atoms with van der Waals surface area (Å²) in [5.74, 6) is 1.50. The number of aryl methyl sites for hydroxylation is 1. The van der Waals surface area contributed by atoms with Crippen LogP contribution in [-0.4, -0.2) is 44.4 Å². The Labute approximate surface area is 155 Å². The van der Waals surface area contributed by atoms with E-state index in [0.717, 1.165) is 29.3 Å². The lowest BCUT2D eigenvalue weighted by Gasteiger charge is -2.11. The van der Waals surface area contributed by atoms with Gasteiger partial charge in [0.25, 0.3) is 5.56 Å². The highest BCUT2D eigenvalue weighted by atomic mass is 32.2. The Hall–Kier alpha value is -2.19. The minimum absolute atomic E-state index is 0.0651. The number of rotatable bonds is 9. The Bertz CT molecular complexity index is 980. The molecule has 0 N–H and O–H groups in total. The highest BCUT2D eigenvalue weighted by molar-refractivity contribution is 7.99.